The highest BCUT2D eigenvalue weighted by Gasteiger charge is 2.11. The van der Waals surface area contributed by atoms with Gasteiger partial charge in [0.25, 0.3) is 0 Å². The van der Waals surface area contributed by atoms with E-state index in [2.05, 4.69) is 0 Å². The van der Waals surface area contributed by atoms with Gasteiger partial charge in [0.1, 0.15) is 11.6 Å². The molecule has 0 fully saturated rings. The molecule has 1 aromatic carbocycles. The van der Waals surface area contributed by atoms with Gasteiger partial charge in [0.15, 0.2) is 0 Å². The lowest BCUT2D eigenvalue weighted by molar-refractivity contribution is 0.194. The van der Waals surface area contributed by atoms with Crippen LogP contribution in [0.5, 0.6) is 5.75 Å². The molecule has 0 bridgehead atoms. The van der Waals surface area contributed by atoms with Gasteiger partial charge in [-0.1, -0.05) is 0 Å². The second-order valence-electron chi connectivity index (χ2n) is 3.22. The Bertz CT molecular complexity index is 308. The predicted molar refractivity (Wildman–Crippen MR) is 48.2 cm³/mol. The van der Waals surface area contributed by atoms with Crippen LogP contribution in [0.4, 0.5) is 4.39 Å². The molecule has 0 aromatic heterocycles. The summed E-state index contributed by atoms with van der Waals surface area (Å²) in [5.41, 5.74) is 0.885. The number of aliphatic hydroxyl groups excluding tert-OH is 1. The van der Waals surface area contributed by atoms with Gasteiger partial charge < -0.3 is 10.2 Å². The van der Waals surface area contributed by atoms with Crippen LogP contribution in [-0.4, -0.2) is 16.3 Å². The molecule has 0 aliphatic carbocycles. The van der Waals surface area contributed by atoms with Gasteiger partial charge in [-0.15, -0.1) is 0 Å². The fourth-order valence-electron chi connectivity index (χ4n) is 1.27. The lowest BCUT2D eigenvalue weighted by atomic mass is 10.0. The Morgan fingerprint density at radius 3 is 2.62 bits per heavy atom. The Kier molecular flexibility index (Phi) is 2.88. The lowest BCUT2D eigenvalue weighted by Crippen LogP contribution is -2.06. The van der Waals surface area contributed by atoms with Gasteiger partial charge in [0, 0.05) is 12.0 Å². The largest absolute Gasteiger partial charge is 0.508 e. The molecule has 13 heavy (non-hydrogen) atoms. The Balaban J connectivity index is 3.10. The number of aliphatic hydroxyl groups is 1. The average Bonchev–Trinajstić information content (AvgIpc) is 2.05. The van der Waals surface area contributed by atoms with E-state index in [-0.39, 0.29) is 18.0 Å². The Labute approximate surface area is 76.6 Å². The van der Waals surface area contributed by atoms with Crippen molar-refractivity contribution in [1.29, 1.82) is 0 Å². The van der Waals surface area contributed by atoms with E-state index in [4.69, 9.17) is 5.11 Å². The summed E-state index contributed by atoms with van der Waals surface area (Å²) in [6.45, 7) is 3.19. The van der Waals surface area contributed by atoms with Crippen LogP contribution in [0, 0.1) is 12.7 Å². The summed E-state index contributed by atoms with van der Waals surface area (Å²) < 4.78 is 13.0. The average molecular weight is 184 g/mol. The highest BCUT2D eigenvalue weighted by molar-refractivity contribution is 5.39. The van der Waals surface area contributed by atoms with Crippen molar-refractivity contribution < 1.29 is 14.6 Å². The molecule has 2 N–H and O–H groups in total. The molecule has 1 unspecified atom stereocenters. The maximum Gasteiger partial charge on any atom is 0.126 e. The van der Waals surface area contributed by atoms with Gasteiger partial charge >= 0.3 is 0 Å². The summed E-state index contributed by atoms with van der Waals surface area (Å²) in [6.07, 6.45) is -0.304. The molecule has 72 valence electrons. The van der Waals surface area contributed by atoms with E-state index in [1.54, 1.807) is 13.8 Å². The van der Waals surface area contributed by atoms with Crippen LogP contribution in [0.25, 0.3) is 0 Å². The lowest BCUT2D eigenvalue weighted by Gasteiger charge is -2.10. The maximum absolute atomic E-state index is 13.0. The van der Waals surface area contributed by atoms with E-state index in [0.29, 0.717) is 11.1 Å². The number of hydrogen-bond donors (Lipinski definition) is 2. The fraction of sp³-hybridized carbons (Fsp3) is 0.400. The molecule has 0 saturated heterocycles. The van der Waals surface area contributed by atoms with E-state index in [1.165, 1.54) is 12.1 Å². The van der Waals surface area contributed by atoms with Crippen molar-refractivity contribution in [2.45, 2.75) is 26.4 Å². The minimum atomic E-state index is -0.577. The third-order valence-corrected chi connectivity index (χ3v) is 2.01. The van der Waals surface area contributed by atoms with Crippen LogP contribution in [0.15, 0.2) is 12.1 Å². The number of phenolic OH excluding ortho intramolecular Hbond substituents is 1. The molecule has 0 saturated carbocycles. The van der Waals surface area contributed by atoms with E-state index in [9.17, 15) is 9.50 Å². The molecule has 0 radical (unpaired) electrons. The minimum Gasteiger partial charge on any atom is -0.508 e. The molecule has 1 atom stereocenters. The summed E-state index contributed by atoms with van der Waals surface area (Å²) >= 11 is 0. The summed E-state index contributed by atoms with van der Waals surface area (Å²) in [4.78, 5) is 0. The molecule has 0 amide bonds. The van der Waals surface area contributed by atoms with Crippen LogP contribution >= 0.6 is 0 Å². The standard InChI is InChI=1S/C10H13FO2/c1-6(12)5-8-7(2)9(11)3-4-10(8)13/h3-4,6,12-13H,5H2,1-2H3. The van der Waals surface area contributed by atoms with Gasteiger partial charge in [0.2, 0.25) is 0 Å². The Hall–Kier alpha value is -1.09. The minimum absolute atomic E-state index is 0.0415. The van der Waals surface area contributed by atoms with Crippen molar-refractivity contribution >= 4 is 0 Å². The normalized spacial score (nSPS) is 12.9. The van der Waals surface area contributed by atoms with Gasteiger partial charge in [0.05, 0.1) is 6.10 Å². The number of halogens is 1. The zero-order valence-corrected chi connectivity index (χ0v) is 7.71. The van der Waals surface area contributed by atoms with Crippen LogP contribution in [0.2, 0.25) is 0 Å². The Morgan fingerprint density at radius 2 is 2.08 bits per heavy atom. The molecule has 0 heterocycles. The molecule has 3 heteroatoms. The number of aromatic hydroxyl groups is 1. The monoisotopic (exact) mass is 184 g/mol. The Morgan fingerprint density at radius 1 is 1.46 bits per heavy atom. The number of hydrogen-bond acceptors (Lipinski definition) is 2. The van der Waals surface area contributed by atoms with Gasteiger partial charge in [-0.2, -0.15) is 0 Å². The number of rotatable bonds is 2. The van der Waals surface area contributed by atoms with Crippen LogP contribution in [-0.2, 0) is 6.42 Å². The molecule has 0 aliphatic heterocycles. The first kappa shape index (κ1) is 9.99. The number of benzene rings is 1. The zero-order valence-electron chi connectivity index (χ0n) is 7.71. The summed E-state index contributed by atoms with van der Waals surface area (Å²) in [6, 6.07) is 2.52. The zero-order chi connectivity index (χ0) is 10.0. The highest BCUT2D eigenvalue weighted by Crippen LogP contribution is 2.24. The van der Waals surface area contributed by atoms with E-state index < -0.39 is 6.10 Å². The summed E-state index contributed by atoms with van der Waals surface area (Å²) in [5, 5.41) is 18.5. The smallest absolute Gasteiger partial charge is 0.126 e. The van der Waals surface area contributed by atoms with Crippen LogP contribution in [0.3, 0.4) is 0 Å². The SMILES string of the molecule is Cc1c(F)ccc(O)c1CC(C)O. The van der Waals surface area contributed by atoms with Gasteiger partial charge in [-0.05, 0) is 31.5 Å². The van der Waals surface area contributed by atoms with E-state index in [0.717, 1.165) is 0 Å². The fourth-order valence-corrected chi connectivity index (χ4v) is 1.27. The third-order valence-electron chi connectivity index (χ3n) is 2.01. The number of phenols is 1. The van der Waals surface area contributed by atoms with Crippen molar-refractivity contribution in [3.63, 3.8) is 0 Å². The highest BCUT2D eigenvalue weighted by atomic mass is 19.1. The molecule has 2 nitrogen and oxygen atoms in total. The maximum atomic E-state index is 13.0. The van der Waals surface area contributed by atoms with Crippen LogP contribution < -0.4 is 0 Å². The first-order valence-corrected chi connectivity index (χ1v) is 4.17. The topological polar surface area (TPSA) is 40.5 Å². The summed E-state index contributed by atoms with van der Waals surface area (Å²) in [5.74, 6) is -0.312. The molecule has 1 rings (SSSR count). The van der Waals surface area contributed by atoms with E-state index in [1.807, 2.05) is 0 Å². The van der Waals surface area contributed by atoms with Crippen molar-refractivity contribution in [3.8, 4) is 5.75 Å². The van der Waals surface area contributed by atoms with Crippen molar-refractivity contribution in [3.05, 3.63) is 29.1 Å². The predicted octanol–water partition coefficient (Wildman–Crippen LogP) is 1.76. The molecular weight excluding hydrogens is 171 g/mol. The van der Waals surface area contributed by atoms with Crippen molar-refractivity contribution in [2.75, 3.05) is 0 Å². The van der Waals surface area contributed by atoms with Crippen LogP contribution in [0.1, 0.15) is 18.1 Å². The molecular formula is C10H13FO2. The van der Waals surface area contributed by atoms with Gasteiger partial charge in [-0.3, -0.25) is 0 Å². The van der Waals surface area contributed by atoms with Crippen molar-refractivity contribution in [1.82, 2.24) is 0 Å². The third kappa shape index (κ3) is 2.18. The second-order valence-corrected chi connectivity index (χ2v) is 3.22. The van der Waals surface area contributed by atoms with Gasteiger partial charge in [-0.25, -0.2) is 4.39 Å². The molecule has 0 spiro atoms. The molecule has 1 aromatic rings. The summed E-state index contributed by atoms with van der Waals surface area (Å²) in [7, 11) is 0. The van der Waals surface area contributed by atoms with Crippen molar-refractivity contribution in [2.24, 2.45) is 0 Å². The second kappa shape index (κ2) is 3.75. The van der Waals surface area contributed by atoms with E-state index >= 15 is 0 Å². The molecule has 0 aliphatic rings. The first-order chi connectivity index (χ1) is 6.02. The first-order valence-electron chi connectivity index (χ1n) is 4.17. The quantitative estimate of drug-likeness (QED) is 0.735.